The first kappa shape index (κ1) is 16.5. The van der Waals surface area contributed by atoms with Gasteiger partial charge in [0.25, 0.3) is 10.0 Å². The number of hydrogen-bond donors (Lipinski definition) is 0. The van der Waals surface area contributed by atoms with Crippen LogP contribution in [0.1, 0.15) is 28.4 Å². The van der Waals surface area contributed by atoms with E-state index in [0.717, 1.165) is 5.56 Å². The van der Waals surface area contributed by atoms with Gasteiger partial charge >= 0.3 is 0 Å². The summed E-state index contributed by atoms with van der Waals surface area (Å²) >= 11 is 0. The van der Waals surface area contributed by atoms with Gasteiger partial charge in [-0.05, 0) is 29.8 Å². The lowest BCUT2D eigenvalue weighted by Gasteiger charge is -2.37. The number of anilines is 1. The van der Waals surface area contributed by atoms with Gasteiger partial charge in [0.15, 0.2) is 5.78 Å². The van der Waals surface area contributed by atoms with Crippen molar-refractivity contribution in [3.05, 3.63) is 96.1 Å². The molecule has 1 aliphatic rings. The summed E-state index contributed by atoms with van der Waals surface area (Å²) < 4.78 is 28.3. The minimum atomic E-state index is -3.82. The second kappa shape index (κ2) is 6.42. The molecule has 1 aliphatic heterocycles. The SMILES string of the molecule is O=C1CC(c2ccccc2)N(S(=O)(=O)c2ccccc2)c2ccccc21. The normalized spacial score (nSPS) is 17.0. The molecule has 0 spiro atoms. The monoisotopic (exact) mass is 363 g/mol. The number of carbonyl (C=O) groups is 1. The van der Waals surface area contributed by atoms with E-state index in [1.807, 2.05) is 30.3 Å². The van der Waals surface area contributed by atoms with Crippen LogP contribution in [0.4, 0.5) is 5.69 Å². The topological polar surface area (TPSA) is 54.5 Å². The number of rotatable bonds is 3. The highest BCUT2D eigenvalue weighted by Crippen LogP contribution is 2.42. The first-order chi connectivity index (χ1) is 12.6. The highest BCUT2D eigenvalue weighted by atomic mass is 32.2. The summed E-state index contributed by atoms with van der Waals surface area (Å²) in [6.45, 7) is 0. The van der Waals surface area contributed by atoms with E-state index in [9.17, 15) is 13.2 Å². The fourth-order valence-corrected chi connectivity index (χ4v) is 5.05. The Bertz CT molecular complexity index is 1050. The average molecular weight is 363 g/mol. The van der Waals surface area contributed by atoms with Gasteiger partial charge in [-0.1, -0.05) is 60.7 Å². The lowest BCUT2D eigenvalue weighted by atomic mass is 9.92. The van der Waals surface area contributed by atoms with Crippen molar-refractivity contribution >= 4 is 21.5 Å². The van der Waals surface area contributed by atoms with Gasteiger partial charge in [0.05, 0.1) is 16.6 Å². The molecular formula is C21H17NO3S. The molecule has 4 rings (SSSR count). The molecule has 0 aromatic heterocycles. The van der Waals surface area contributed by atoms with E-state index < -0.39 is 16.1 Å². The van der Waals surface area contributed by atoms with Crippen LogP contribution in [-0.4, -0.2) is 14.2 Å². The molecule has 26 heavy (non-hydrogen) atoms. The van der Waals surface area contributed by atoms with E-state index in [1.54, 1.807) is 54.6 Å². The van der Waals surface area contributed by atoms with Crippen LogP contribution in [0, 0.1) is 0 Å². The van der Waals surface area contributed by atoms with Crippen LogP contribution in [0.5, 0.6) is 0 Å². The Morgan fingerprint density at radius 2 is 1.35 bits per heavy atom. The average Bonchev–Trinajstić information content (AvgIpc) is 2.69. The quantitative estimate of drug-likeness (QED) is 0.700. The second-order valence-corrected chi connectivity index (χ2v) is 8.00. The fourth-order valence-electron chi connectivity index (χ4n) is 3.37. The Labute approximate surface area is 152 Å². The number of nitrogens with zero attached hydrogens (tertiary/aromatic N) is 1. The summed E-state index contributed by atoms with van der Waals surface area (Å²) in [6.07, 6.45) is 0.118. The molecule has 4 nitrogen and oxygen atoms in total. The van der Waals surface area contributed by atoms with E-state index in [1.165, 1.54) is 4.31 Å². The third kappa shape index (κ3) is 2.70. The van der Waals surface area contributed by atoms with Crippen molar-refractivity contribution in [3.8, 4) is 0 Å². The van der Waals surface area contributed by atoms with Gasteiger partial charge in [0.2, 0.25) is 0 Å². The Balaban J connectivity index is 1.95. The Kier molecular flexibility index (Phi) is 4.09. The van der Waals surface area contributed by atoms with Gasteiger partial charge in [-0.15, -0.1) is 0 Å². The Morgan fingerprint density at radius 1 is 0.769 bits per heavy atom. The minimum absolute atomic E-state index is 0.0473. The molecule has 0 fully saturated rings. The van der Waals surface area contributed by atoms with E-state index in [2.05, 4.69) is 0 Å². The van der Waals surface area contributed by atoms with Crippen molar-refractivity contribution in [2.24, 2.45) is 0 Å². The second-order valence-electron chi connectivity index (χ2n) is 6.18. The van der Waals surface area contributed by atoms with Gasteiger partial charge in [0, 0.05) is 12.0 Å². The van der Waals surface area contributed by atoms with Crippen LogP contribution in [0.2, 0.25) is 0 Å². The van der Waals surface area contributed by atoms with Crippen LogP contribution in [-0.2, 0) is 10.0 Å². The summed E-state index contributed by atoms with van der Waals surface area (Å²) in [5, 5.41) is 0. The van der Waals surface area contributed by atoms with Crippen LogP contribution in [0.3, 0.4) is 0 Å². The number of benzene rings is 3. The molecule has 0 bridgehead atoms. The third-order valence-electron chi connectivity index (χ3n) is 4.59. The standard InChI is InChI=1S/C21H17NO3S/c23-21-15-20(16-9-3-1-4-10-16)22(19-14-8-7-13-18(19)21)26(24,25)17-11-5-2-6-12-17/h1-14,20H,15H2. The third-order valence-corrected chi connectivity index (χ3v) is 6.43. The fraction of sp³-hybridized carbons (Fsp3) is 0.0952. The Hall–Kier alpha value is -2.92. The molecule has 0 aliphatic carbocycles. The maximum Gasteiger partial charge on any atom is 0.264 e. The first-order valence-electron chi connectivity index (χ1n) is 8.36. The minimum Gasteiger partial charge on any atom is -0.294 e. The van der Waals surface area contributed by atoms with E-state index in [4.69, 9.17) is 0 Å². The van der Waals surface area contributed by atoms with Crippen LogP contribution >= 0.6 is 0 Å². The zero-order valence-corrected chi connectivity index (χ0v) is 14.8. The molecule has 1 heterocycles. The summed E-state index contributed by atoms with van der Waals surface area (Å²) in [6, 6.07) is 24.0. The summed E-state index contributed by atoms with van der Waals surface area (Å²) in [5.41, 5.74) is 1.68. The van der Waals surface area contributed by atoms with E-state index in [-0.39, 0.29) is 17.1 Å². The van der Waals surface area contributed by atoms with Crippen LogP contribution in [0.15, 0.2) is 89.8 Å². The zero-order valence-electron chi connectivity index (χ0n) is 13.9. The summed E-state index contributed by atoms with van der Waals surface area (Å²) in [5.74, 6) is -0.0473. The summed E-state index contributed by atoms with van der Waals surface area (Å²) in [7, 11) is -3.82. The summed E-state index contributed by atoms with van der Waals surface area (Å²) in [4.78, 5) is 12.9. The molecule has 1 atom stereocenters. The van der Waals surface area contributed by atoms with Gasteiger partial charge in [-0.2, -0.15) is 0 Å². The van der Waals surface area contributed by atoms with Crippen molar-refractivity contribution in [2.75, 3.05) is 4.31 Å². The molecule has 130 valence electrons. The predicted molar refractivity (Wildman–Crippen MR) is 101 cm³/mol. The lowest BCUT2D eigenvalue weighted by Crippen LogP contribution is -2.40. The molecule has 0 saturated carbocycles. The highest BCUT2D eigenvalue weighted by molar-refractivity contribution is 7.92. The lowest BCUT2D eigenvalue weighted by molar-refractivity contribution is 0.0969. The van der Waals surface area contributed by atoms with Crippen LogP contribution in [0.25, 0.3) is 0 Å². The largest absolute Gasteiger partial charge is 0.294 e. The van der Waals surface area contributed by atoms with Crippen molar-refractivity contribution in [3.63, 3.8) is 0 Å². The molecule has 0 N–H and O–H groups in total. The number of Topliss-reactive ketones (excluding diaryl/α,β-unsaturated/α-hetero) is 1. The molecule has 1 unspecified atom stereocenters. The van der Waals surface area contributed by atoms with Crippen molar-refractivity contribution < 1.29 is 13.2 Å². The number of hydrogen-bond acceptors (Lipinski definition) is 3. The van der Waals surface area contributed by atoms with Crippen molar-refractivity contribution in [1.82, 2.24) is 0 Å². The highest BCUT2D eigenvalue weighted by Gasteiger charge is 2.39. The number of para-hydroxylation sites is 1. The smallest absolute Gasteiger partial charge is 0.264 e. The van der Waals surface area contributed by atoms with E-state index in [0.29, 0.717) is 11.3 Å². The van der Waals surface area contributed by atoms with E-state index >= 15 is 0 Å². The molecule has 0 amide bonds. The molecule has 3 aromatic carbocycles. The van der Waals surface area contributed by atoms with Gasteiger partial charge < -0.3 is 0 Å². The molecular weight excluding hydrogens is 346 g/mol. The number of fused-ring (bicyclic) bond motifs is 1. The number of ketones is 1. The maximum atomic E-state index is 13.5. The van der Waals surface area contributed by atoms with Crippen molar-refractivity contribution in [1.29, 1.82) is 0 Å². The van der Waals surface area contributed by atoms with Gasteiger partial charge in [-0.25, -0.2) is 8.42 Å². The molecule has 0 saturated heterocycles. The molecule has 5 heteroatoms. The Morgan fingerprint density at radius 3 is 2.04 bits per heavy atom. The predicted octanol–water partition coefficient (Wildman–Crippen LogP) is 4.21. The van der Waals surface area contributed by atoms with Gasteiger partial charge in [0.1, 0.15) is 0 Å². The first-order valence-corrected chi connectivity index (χ1v) is 9.80. The maximum absolute atomic E-state index is 13.5. The number of sulfonamides is 1. The number of carbonyl (C=O) groups excluding carboxylic acids is 1. The van der Waals surface area contributed by atoms with Crippen molar-refractivity contribution in [2.45, 2.75) is 17.4 Å². The zero-order chi connectivity index (χ0) is 18.1. The van der Waals surface area contributed by atoms with Gasteiger partial charge in [-0.3, -0.25) is 9.10 Å². The molecule has 3 aromatic rings. The molecule has 0 radical (unpaired) electrons. The van der Waals surface area contributed by atoms with Crippen LogP contribution < -0.4 is 4.31 Å².